The second kappa shape index (κ2) is 4.54. The van der Waals surface area contributed by atoms with Crippen molar-refractivity contribution in [2.75, 3.05) is 32.0 Å². The maximum atomic E-state index is 12.4. The first-order chi connectivity index (χ1) is 8.77. The molecule has 2 saturated heterocycles. The molecule has 0 saturated carbocycles. The number of hydrogen-bond donors (Lipinski definition) is 2. The van der Waals surface area contributed by atoms with Crippen LogP contribution in [-0.2, 0) is 4.74 Å². The Kier molecular flexibility index (Phi) is 2.88. The minimum atomic E-state index is -0.226. The Morgan fingerprint density at radius 2 is 2.22 bits per heavy atom. The van der Waals surface area contributed by atoms with Crippen LogP contribution in [-0.4, -0.2) is 59.5 Å². The summed E-state index contributed by atoms with van der Waals surface area (Å²) in [5.41, 5.74) is 5.67. The number of fused-ring (bicyclic) bond motifs is 2. The van der Waals surface area contributed by atoms with Gasteiger partial charge in [0.15, 0.2) is 0 Å². The first-order valence-electron chi connectivity index (χ1n) is 5.96. The van der Waals surface area contributed by atoms with E-state index in [0.717, 1.165) is 13.0 Å². The van der Waals surface area contributed by atoms with Crippen LogP contribution in [0.2, 0.25) is 0 Å². The Morgan fingerprint density at radius 1 is 1.39 bits per heavy atom. The molecule has 1 aromatic rings. The van der Waals surface area contributed by atoms with Crippen molar-refractivity contribution < 1.29 is 14.2 Å². The van der Waals surface area contributed by atoms with Gasteiger partial charge >= 0.3 is 0 Å². The Morgan fingerprint density at radius 3 is 3.00 bits per heavy atom. The van der Waals surface area contributed by atoms with E-state index < -0.39 is 0 Å². The largest absolute Gasteiger partial charge is 0.379 e. The lowest BCUT2D eigenvalue weighted by Crippen LogP contribution is -2.56. The molecular formula is C10H15N5O3. The van der Waals surface area contributed by atoms with E-state index in [4.69, 9.17) is 10.5 Å². The van der Waals surface area contributed by atoms with E-state index in [1.807, 2.05) is 0 Å². The minimum Gasteiger partial charge on any atom is -0.379 e. The lowest BCUT2D eigenvalue weighted by Gasteiger charge is -2.39. The average Bonchev–Trinajstić information content (AvgIpc) is 2.75. The van der Waals surface area contributed by atoms with Gasteiger partial charge in [-0.05, 0) is 23.3 Å². The number of nitrogens with zero attached hydrogens (tertiary/aromatic N) is 3. The molecule has 98 valence electrons. The van der Waals surface area contributed by atoms with E-state index in [9.17, 15) is 4.79 Å². The van der Waals surface area contributed by atoms with Gasteiger partial charge in [-0.1, -0.05) is 0 Å². The second-order valence-corrected chi connectivity index (χ2v) is 4.55. The van der Waals surface area contributed by atoms with Crippen LogP contribution in [0, 0.1) is 0 Å². The highest BCUT2D eigenvalue weighted by Gasteiger charge is 2.38. The predicted octanol–water partition coefficient (Wildman–Crippen LogP) is -1.15. The van der Waals surface area contributed by atoms with Crippen LogP contribution in [0.5, 0.6) is 0 Å². The molecule has 8 heteroatoms. The molecule has 0 aromatic carbocycles. The van der Waals surface area contributed by atoms with E-state index in [2.05, 4.69) is 20.3 Å². The van der Waals surface area contributed by atoms with Gasteiger partial charge in [0.05, 0.1) is 25.3 Å². The molecule has 2 atom stereocenters. The van der Waals surface area contributed by atoms with Crippen molar-refractivity contribution in [1.29, 1.82) is 0 Å². The van der Waals surface area contributed by atoms with Crippen molar-refractivity contribution in [1.82, 2.24) is 20.5 Å². The molecule has 0 aliphatic carbocycles. The number of ether oxygens (including phenoxy) is 1. The number of anilines is 1. The molecule has 3 N–H and O–H groups in total. The zero-order valence-electron chi connectivity index (χ0n) is 9.83. The Balaban J connectivity index is 1.89. The van der Waals surface area contributed by atoms with Gasteiger partial charge in [-0.2, -0.15) is 0 Å². The number of morpholine rings is 1. The zero-order chi connectivity index (χ0) is 12.5. The monoisotopic (exact) mass is 253 g/mol. The molecule has 8 nitrogen and oxygen atoms in total. The molecule has 2 aliphatic heterocycles. The first kappa shape index (κ1) is 11.4. The fraction of sp³-hybridized carbons (Fsp3) is 0.700. The summed E-state index contributed by atoms with van der Waals surface area (Å²) < 4.78 is 10.0. The molecule has 2 unspecified atom stereocenters. The number of amides is 1. The van der Waals surface area contributed by atoms with Gasteiger partial charge in [-0.25, -0.2) is 4.63 Å². The van der Waals surface area contributed by atoms with Crippen molar-refractivity contribution in [2.45, 2.75) is 18.5 Å². The fourth-order valence-corrected chi connectivity index (χ4v) is 2.51. The Bertz CT molecular complexity index is 434. The maximum absolute atomic E-state index is 12.4. The van der Waals surface area contributed by atoms with E-state index >= 15 is 0 Å². The van der Waals surface area contributed by atoms with Crippen molar-refractivity contribution >= 4 is 11.7 Å². The van der Waals surface area contributed by atoms with Gasteiger partial charge in [0, 0.05) is 6.54 Å². The van der Waals surface area contributed by atoms with Crippen LogP contribution in [0.1, 0.15) is 16.9 Å². The number of nitrogen functional groups attached to an aromatic ring is 1. The number of nitrogens with one attached hydrogen (secondary N) is 1. The molecule has 1 aromatic heterocycles. The lowest BCUT2D eigenvalue weighted by atomic mass is 10.1. The minimum absolute atomic E-state index is 0.00912. The Labute approximate surface area is 103 Å². The lowest BCUT2D eigenvalue weighted by molar-refractivity contribution is -0.0301. The predicted molar refractivity (Wildman–Crippen MR) is 60.8 cm³/mol. The smallest absolute Gasteiger partial charge is 0.280 e. The number of carbonyl (C=O) groups is 1. The molecule has 2 aliphatic rings. The summed E-state index contributed by atoms with van der Waals surface area (Å²) in [5, 5.41) is 10.3. The topological polar surface area (TPSA) is 107 Å². The highest BCUT2D eigenvalue weighted by molar-refractivity contribution is 5.96. The van der Waals surface area contributed by atoms with Gasteiger partial charge in [0.25, 0.3) is 5.91 Å². The number of rotatable bonds is 1. The summed E-state index contributed by atoms with van der Waals surface area (Å²) in [5.74, 6) is -0.188. The van der Waals surface area contributed by atoms with Gasteiger partial charge in [-0.3, -0.25) is 4.79 Å². The molecule has 2 bridgehead atoms. The third-order valence-corrected chi connectivity index (χ3v) is 3.39. The van der Waals surface area contributed by atoms with E-state index in [1.54, 1.807) is 4.90 Å². The highest BCUT2D eigenvalue weighted by atomic mass is 16.6. The van der Waals surface area contributed by atoms with E-state index in [-0.39, 0.29) is 29.5 Å². The normalized spacial score (nSPS) is 27.9. The second-order valence-electron chi connectivity index (χ2n) is 4.55. The molecule has 3 heterocycles. The van der Waals surface area contributed by atoms with Gasteiger partial charge < -0.3 is 20.7 Å². The van der Waals surface area contributed by atoms with Crippen LogP contribution < -0.4 is 11.1 Å². The van der Waals surface area contributed by atoms with E-state index in [0.29, 0.717) is 19.8 Å². The third-order valence-electron chi connectivity index (χ3n) is 3.39. The van der Waals surface area contributed by atoms with E-state index in [1.165, 1.54) is 0 Å². The summed E-state index contributed by atoms with van der Waals surface area (Å²) in [6.07, 6.45) is 0.855. The van der Waals surface area contributed by atoms with Crippen molar-refractivity contribution in [3.63, 3.8) is 0 Å². The molecule has 0 spiro atoms. The highest BCUT2D eigenvalue weighted by Crippen LogP contribution is 2.22. The molecule has 18 heavy (non-hydrogen) atoms. The maximum Gasteiger partial charge on any atom is 0.280 e. The van der Waals surface area contributed by atoms with Crippen LogP contribution in [0.25, 0.3) is 0 Å². The average molecular weight is 253 g/mol. The van der Waals surface area contributed by atoms with Gasteiger partial charge in [0.1, 0.15) is 0 Å². The Hall–Kier alpha value is -1.67. The SMILES string of the molecule is Nc1nonc1C(=O)N1C2CCNCC1COC2. The number of nitrogens with two attached hydrogens (primary N) is 1. The molecule has 1 amide bonds. The number of hydrogen-bond acceptors (Lipinski definition) is 7. The first-order valence-corrected chi connectivity index (χ1v) is 5.96. The molecule has 0 radical (unpaired) electrons. The van der Waals surface area contributed by atoms with Crippen LogP contribution in [0.4, 0.5) is 5.82 Å². The summed E-state index contributed by atoms with van der Waals surface area (Å²) in [6.45, 7) is 2.67. The fourth-order valence-electron chi connectivity index (χ4n) is 2.51. The van der Waals surface area contributed by atoms with Crippen LogP contribution in [0.15, 0.2) is 4.63 Å². The van der Waals surface area contributed by atoms with Crippen LogP contribution in [0.3, 0.4) is 0 Å². The van der Waals surface area contributed by atoms with Crippen molar-refractivity contribution in [3.8, 4) is 0 Å². The number of carbonyl (C=O) groups excluding carboxylic acids is 1. The summed E-state index contributed by atoms with van der Waals surface area (Å²) in [4.78, 5) is 14.3. The summed E-state index contributed by atoms with van der Waals surface area (Å²) in [6, 6.07) is 0.0669. The quantitative estimate of drug-likeness (QED) is 0.651. The van der Waals surface area contributed by atoms with Crippen molar-refractivity contribution in [2.24, 2.45) is 0 Å². The molecule has 2 fully saturated rings. The third kappa shape index (κ3) is 1.83. The molecular weight excluding hydrogens is 238 g/mol. The standard InChI is InChI=1S/C10H15N5O3/c11-9-8(13-18-14-9)10(16)15-6-1-2-12-3-7(15)5-17-4-6/h6-7,12H,1-5H2,(H2,11,14). The summed E-state index contributed by atoms with van der Waals surface area (Å²) >= 11 is 0. The number of aromatic nitrogens is 2. The zero-order valence-corrected chi connectivity index (χ0v) is 9.83. The molecule has 3 rings (SSSR count). The summed E-state index contributed by atoms with van der Waals surface area (Å²) in [7, 11) is 0. The van der Waals surface area contributed by atoms with Crippen LogP contribution >= 0.6 is 0 Å². The van der Waals surface area contributed by atoms with Crippen molar-refractivity contribution in [3.05, 3.63) is 5.69 Å². The van der Waals surface area contributed by atoms with Gasteiger partial charge in [0.2, 0.25) is 11.5 Å². The van der Waals surface area contributed by atoms with Gasteiger partial charge in [-0.15, -0.1) is 0 Å².